The van der Waals surface area contributed by atoms with Crippen LogP contribution in [-0.2, 0) is 6.42 Å². The van der Waals surface area contributed by atoms with E-state index in [1.54, 1.807) is 12.1 Å². The molecule has 0 fully saturated rings. The number of ether oxygens (including phenoxy) is 1. The van der Waals surface area contributed by atoms with Gasteiger partial charge >= 0.3 is 0 Å². The van der Waals surface area contributed by atoms with Crippen LogP contribution in [0.25, 0.3) is 0 Å². The smallest absolute Gasteiger partial charge is 0.191 e. The van der Waals surface area contributed by atoms with E-state index in [9.17, 15) is 4.79 Å². The van der Waals surface area contributed by atoms with E-state index < -0.39 is 0 Å². The number of hydrogen-bond acceptors (Lipinski definition) is 3. The SMILES string of the molecule is O=C1C=C(NCCc2ccccc2)COc2ccccc21. The minimum absolute atomic E-state index is 0.00897. The summed E-state index contributed by atoms with van der Waals surface area (Å²) >= 11 is 0. The van der Waals surface area contributed by atoms with E-state index in [-0.39, 0.29) is 5.78 Å². The summed E-state index contributed by atoms with van der Waals surface area (Å²) in [6, 6.07) is 17.6. The van der Waals surface area contributed by atoms with Gasteiger partial charge in [-0.15, -0.1) is 0 Å². The molecule has 1 N–H and O–H groups in total. The van der Waals surface area contributed by atoms with Gasteiger partial charge in [-0.1, -0.05) is 42.5 Å². The van der Waals surface area contributed by atoms with E-state index >= 15 is 0 Å². The van der Waals surface area contributed by atoms with Crippen LogP contribution >= 0.6 is 0 Å². The molecule has 106 valence electrons. The van der Waals surface area contributed by atoms with Gasteiger partial charge in [0.25, 0.3) is 0 Å². The number of allylic oxidation sites excluding steroid dienone is 1. The molecule has 0 saturated heterocycles. The number of nitrogens with one attached hydrogen (secondary N) is 1. The summed E-state index contributed by atoms with van der Waals surface area (Å²) in [7, 11) is 0. The van der Waals surface area contributed by atoms with Crippen molar-refractivity contribution in [3.63, 3.8) is 0 Å². The molecule has 0 bridgehead atoms. The normalized spacial score (nSPS) is 13.7. The third-order valence-electron chi connectivity index (χ3n) is 3.45. The number of carbonyl (C=O) groups is 1. The maximum atomic E-state index is 12.2. The molecule has 2 aromatic carbocycles. The van der Waals surface area contributed by atoms with Crippen molar-refractivity contribution in [3.05, 3.63) is 77.5 Å². The molecule has 0 atom stereocenters. The zero-order chi connectivity index (χ0) is 14.5. The van der Waals surface area contributed by atoms with Crippen molar-refractivity contribution in [2.75, 3.05) is 13.2 Å². The molecule has 0 unspecified atom stereocenters. The summed E-state index contributed by atoms with van der Waals surface area (Å²) in [4.78, 5) is 12.2. The average Bonchev–Trinajstić information content (AvgIpc) is 2.68. The van der Waals surface area contributed by atoms with Gasteiger partial charge in [0.1, 0.15) is 12.4 Å². The van der Waals surface area contributed by atoms with E-state index in [4.69, 9.17) is 4.74 Å². The Labute approximate surface area is 124 Å². The Bertz CT molecular complexity index is 662. The maximum Gasteiger partial charge on any atom is 0.191 e. The van der Waals surface area contributed by atoms with Crippen molar-refractivity contribution in [1.29, 1.82) is 0 Å². The molecule has 0 aliphatic carbocycles. The van der Waals surface area contributed by atoms with Crippen molar-refractivity contribution in [3.8, 4) is 5.75 Å². The summed E-state index contributed by atoms with van der Waals surface area (Å²) < 4.78 is 5.68. The number of rotatable bonds is 4. The van der Waals surface area contributed by atoms with E-state index in [1.165, 1.54) is 5.56 Å². The third kappa shape index (κ3) is 3.31. The Morgan fingerprint density at radius 3 is 2.62 bits per heavy atom. The lowest BCUT2D eigenvalue weighted by Crippen LogP contribution is -2.21. The number of fused-ring (bicyclic) bond motifs is 1. The quantitative estimate of drug-likeness (QED) is 0.935. The second-order valence-electron chi connectivity index (χ2n) is 4.98. The van der Waals surface area contributed by atoms with Crippen molar-refractivity contribution in [2.24, 2.45) is 0 Å². The monoisotopic (exact) mass is 279 g/mol. The highest BCUT2D eigenvalue weighted by Gasteiger charge is 2.15. The van der Waals surface area contributed by atoms with Crippen LogP contribution in [0.15, 0.2) is 66.4 Å². The van der Waals surface area contributed by atoms with Gasteiger partial charge in [0, 0.05) is 12.6 Å². The fourth-order valence-electron chi connectivity index (χ4n) is 2.34. The van der Waals surface area contributed by atoms with Gasteiger partial charge in [0.15, 0.2) is 5.78 Å². The largest absolute Gasteiger partial charge is 0.487 e. The molecule has 0 aromatic heterocycles. The standard InChI is InChI=1S/C18H17NO2/c20-17-12-15(13-21-18-9-5-4-8-16(17)18)19-11-10-14-6-2-1-3-7-14/h1-9,12,19H,10-11,13H2. The Hall–Kier alpha value is -2.55. The highest BCUT2D eigenvalue weighted by atomic mass is 16.5. The molecule has 1 aliphatic heterocycles. The number of benzene rings is 2. The minimum atomic E-state index is -0.00897. The van der Waals surface area contributed by atoms with Gasteiger partial charge in [0.05, 0.1) is 11.3 Å². The van der Waals surface area contributed by atoms with Gasteiger partial charge in [-0.05, 0) is 24.1 Å². The minimum Gasteiger partial charge on any atom is -0.487 e. The zero-order valence-corrected chi connectivity index (χ0v) is 11.7. The molecule has 1 aliphatic rings. The van der Waals surface area contributed by atoms with Gasteiger partial charge in [-0.25, -0.2) is 0 Å². The molecule has 3 heteroatoms. The summed E-state index contributed by atoms with van der Waals surface area (Å²) in [6.07, 6.45) is 2.55. The lowest BCUT2D eigenvalue weighted by molar-refractivity contribution is 0.104. The van der Waals surface area contributed by atoms with Crippen molar-refractivity contribution < 1.29 is 9.53 Å². The Balaban J connectivity index is 1.61. The van der Waals surface area contributed by atoms with Crippen LogP contribution in [0, 0.1) is 0 Å². The van der Waals surface area contributed by atoms with Gasteiger partial charge in [-0.3, -0.25) is 4.79 Å². The topological polar surface area (TPSA) is 38.3 Å². The second kappa shape index (κ2) is 6.27. The number of carbonyl (C=O) groups excluding carboxylic acids is 1. The summed E-state index contributed by atoms with van der Waals surface area (Å²) in [6.45, 7) is 1.18. The lowest BCUT2D eigenvalue weighted by atomic mass is 10.1. The van der Waals surface area contributed by atoms with Crippen LogP contribution in [0.3, 0.4) is 0 Å². The van der Waals surface area contributed by atoms with Crippen molar-refractivity contribution in [1.82, 2.24) is 5.32 Å². The summed E-state index contributed by atoms with van der Waals surface area (Å²) in [5.41, 5.74) is 2.72. The fraction of sp³-hybridized carbons (Fsp3) is 0.167. The molecular formula is C18H17NO2. The number of ketones is 1. The summed E-state index contributed by atoms with van der Waals surface area (Å²) in [5, 5.41) is 3.29. The van der Waals surface area contributed by atoms with Crippen LogP contribution in [-0.4, -0.2) is 18.9 Å². The average molecular weight is 279 g/mol. The molecule has 0 amide bonds. The van der Waals surface area contributed by atoms with Crippen LogP contribution in [0.5, 0.6) is 5.75 Å². The van der Waals surface area contributed by atoms with Crippen LogP contribution in [0.1, 0.15) is 15.9 Å². The molecule has 3 rings (SSSR count). The van der Waals surface area contributed by atoms with Crippen LogP contribution in [0.4, 0.5) is 0 Å². The van der Waals surface area contributed by atoms with Gasteiger partial charge in [0.2, 0.25) is 0 Å². The first-order chi connectivity index (χ1) is 10.3. The van der Waals surface area contributed by atoms with E-state index in [0.29, 0.717) is 17.9 Å². The predicted octanol–water partition coefficient (Wildman–Crippen LogP) is 2.98. The van der Waals surface area contributed by atoms with E-state index in [1.807, 2.05) is 36.4 Å². The Morgan fingerprint density at radius 2 is 1.76 bits per heavy atom. The molecular weight excluding hydrogens is 262 g/mol. The summed E-state index contributed by atoms with van der Waals surface area (Å²) in [5.74, 6) is 0.643. The fourth-order valence-corrected chi connectivity index (χ4v) is 2.34. The van der Waals surface area contributed by atoms with Crippen molar-refractivity contribution >= 4 is 5.78 Å². The van der Waals surface area contributed by atoms with Crippen LogP contribution in [0.2, 0.25) is 0 Å². The van der Waals surface area contributed by atoms with Crippen LogP contribution < -0.4 is 10.1 Å². The molecule has 0 saturated carbocycles. The molecule has 2 aromatic rings. The van der Waals surface area contributed by atoms with Gasteiger partial charge < -0.3 is 10.1 Å². The molecule has 1 heterocycles. The highest BCUT2D eigenvalue weighted by Crippen LogP contribution is 2.22. The molecule has 0 spiro atoms. The van der Waals surface area contributed by atoms with E-state index in [0.717, 1.165) is 18.7 Å². The lowest BCUT2D eigenvalue weighted by Gasteiger charge is -2.10. The molecule has 21 heavy (non-hydrogen) atoms. The first-order valence-corrected chi connectivity index (χ1v) is 7.07. The first-order valence-electron chi connectivity index (χ1n) is 7.07. The molecule has 0 radical (unpaired) electrons. The Morgan fingerprint density at radius 1 is 1.00 bits per heavy atom. The molecule has 3 nitrogen and oxygen atoms in total. The predicted molar refractivity (Wildman–Crippen MR) is 82.5 cm³/mol. The number of hydrogen-bond donors (Lipinski definition) is 1. The maximum absolute atomic E-state index is 12.2. The second-order valence-corrected chi connectivity index (χ2v) is 4.98. The number of para-hydroxylation sites is 1. The first kappa shape index (κ1) is 13.4. The zero-order valence-electron chi connectivity index (χ0n) is 11.7. The van der Waals surface area contributed by atoms with Crippen molar-refractivity contribution in [2.45, 2.75) is 6.42 Å². The highest BCUT2D eigenvalue weighted by molar-refractivity contribution is 6.07. The van der Waals surface area contributed by atoms with Gasteiger partial charge in [-0.2, -0.15) is 0 Å². The Kier molecular flexibility index (Phi) is 4.01. The third-order valence-corrected chi connectivity index (χ3v) is 3.45. The van der Waals surface area contributed by atoms with E-state index in [2.05, 4.69) is 17.4 Å².